The summed E-state index contributed by atoms with van der Waals surface area (Å²) in [6.07, 6.45) is -0.551. The van der Waals surface area contributed by atoms with E-state index < -0.39 is 6.09 Å². The average Bonchev–Trinajstić information content (AvgIpc) is 2.43. The van der Waals surface area contributed by atoms with Gasteiger partial charge in [-0.05, 0) is 31.2 Å². The third-order valence-corrected chi connectivity index (χ3v) is 2.48. The van der Waals surface area contributed by atoms with E-state index in [9.17, 15) is 4.79 Å². The van der Waals surface area contributed by atoms with Crippen molar-refractivity contribution in [2.75, 3.05) is 23.0 Å². The largest absolute Gasteiger partial charge is 0.450 e. The molecular weight excluding hydrogens is 256 g/mol. The summed E-state index contributed by atoms with van der Waals surface area (Å²) >= 11 is 0. The van der Waals surface area contributed by atoms with Gasteiger partial charge in [0.25, 0.3) is 0 Å². The van der Waals surface area contributed by atoms with Crippen molar-refractivity contribution in [1.29, 1.82) is 0 Å². The van der Waals surface area contributed by atoms with Crippen molar-refractivity contribution in [1.82, 2.24) is 4.98 Å². The maximum absolute atomic E-state index is 11.3. The molecule has 1 amide bonds. The first kappa shape index (κ1) is 13.7. The average molecular weight is 272 g/mol. The van der Waals surface area contributed by atoms with Crippen molar-refractivity contribution in [3.8, 4) is 0 Å². The number of nitrogens with zero attached hydrogens (tertiary/aromatic N) is 1. The Morgan fingerprint density at radius 2 is 2.00 bits per heavy atom. The van der Waals surface area contributed by atoms with Crippen molar-refractivity contribution in [2.24, 2.45) is 0 Å². The summed E-state index contributed by atoms with van der Waals surface area (Å²) in [5.74, 6) is 0.821. The molecule has 2 rings (SSSR count). The Hall–Kier alpha value is -2.76. The fourth-order valence-corrected chi connectivity index (χ4v) is 1.60. The van der Waals surface area contributed by atoms with Gasteiger partial charge in [-0.25, -0.2) is 9.78 Å². The molecule has 0 saturated heterocycles. The lowest BCUT2D eigenvalue weighted by molar-refractivity contribution is 0.168. The molecule has 1 heterocycles. The number of ether oxygens (including phenoxy) is 1. The topological polar surface area (TPSA) is 89.3 Å². The number of pyridine rings is 1. The molecule has 0 fully saturated rings. The number of nitrogens with one attached hydrogen (secondary N) is 2. The van der Waals surface area contributed by atoms with Gasteiger partial charge in [0.2, 0.25) is 0 Å². The van der Waals surface area contributed by atoms with Gasteiger partial charge < -0.3 is 15.8 Å². The van der Waals surface area contributed by atoms with Gasteiger partial charge in [0.15, 0.2) is 0 Å². The van der Waals surface area contributed by atoms with Crippen molar-refractivity contribution in [2.45, 2.75) is 6.92 Å². The summed E-state index contributed by atoms with van der Waals surface area (Å²) in [5.41, 5.74) is 7.12. The lowest BCUT2D eigenvalue weighted by Crippen LogP contribution is -2.15. The lowest BCUT2D eigenvalue weighted by atomic mass is 10.3. The molecule has 0 spiro atoms. The Morgan fingerprint density at radius 3 is 2.65 bits per heavy atom. The zero-order valence-corrected chi connectivity index (χ0v) is 11.1. The number of amides is 1. The summed E-state index contributed by atoms with van der Waals surface area (Å²) < 4.78 is 4.78. The van der Waals surface area contributed by atoms with Crippen LogP contribution >= 0.6 is 0 Å². The first-order valence-corrected chi connectivity index (χ1v) is 6.21. The summed E-state index contributed by atoms with van der Waals surface area (Å²) in [5, 5.41) is 5.64. The van der Waals surface area contributed by atoms with Crippen LogP contribution in [0.2, 0.25) is 0 Å². The number of aromatic nitrogens is 1. The van der Waals surface area contributed by atoms with Crippen LogP contribution < -0.4 is 16.4 Å². The molecular formula is C14H16N4O2. The van der Waals surface area contributed by atoms with Gasteiger partial charge >= 0.3 is 6.09 Å². The summed E-state index contributed by atoms with van der Waals surface area (Å²) in [4.78, 5) is 15.5. The van der Waals surface area contributed by atoms with Crippen LogP contribution in [0, 0.1) is 0 Å². The zero-order chi connectivity index (χ0) is 14.4. The number of para-hydroxylation sites is 1. The molecule has 0 saturated carbocycles. The SMILES string of the molecule is CCOC(=O)Nc1ccc(Nc2ccccc2)nc1N. The van der Waals surface area contributed by atoms with Crippen LogP contribution in [0.5, 0.6) is 0 Å². The Labute approximate surface area is 117 Å². The van der Waals surface area contributed by atoms with E-state index in [1.165, 1.54) is 0 Å². The highest BCUT2D eigenvalue weighted by Crippen LogP contribution is 2.21. The number of rotatable bonds is 4. The van der Waals surface area contributed by atoms with Crippen LogP contribution in [0.25, 0.3) is 0 Å². The number of nitrogens with two attached hydrogens (primary N) is 1. The van der Waals surface area contributed by atoms with Crippen LogP contribution in [0.1, 0.15) is 6.92 Å². The molecule has 4 N–H and O–H groups in total. The number of carbonyl (C=O) groups is 1. The van der Waals surface area contributed by atoms with Gasteiger partial charge in [0, 0.05) is 5.69 Å². The van der Waals surface area contributed by atoms with Crippen LogP contribution in [0.3, 0.4) is 0 Å². The van der Waals surface area contributed by atoms with Crippen LogP contribution in [-0.4, -0.2) is 17.7 Å². The molecule has 0 atom stereocenters. The Bertz CT molecular complexity index is 587. The summed E-state index contributed by atoms with van der Waals surface area (Å²) in [6.45, 7) is 2.03. The van der Waals surface area contributed by atoms with Crippen LogP contribution in [0.4, 0.5) is 27.8 Å². The second kappa shape index (κ2) is 6.42. The smallest absolute Gasteiger partial charge is 0.411 e. The van der Waals surface area contributed by atoms with Gasteiger partial charge in [-0.2, -0.15) is 0 Å². The number of carbonyl (C=O) groups excluding carboxylic acids is 1. The maximum atomic E-state index is 11.3. The fraction of sp³-hybridized carbons (Fsp3) is 0.143. The van der Waals surface area contributed by atoms with E-state index >= 15 is 0 Å². The van der Waals surface area contributed by atoms with Crippen molar-refractivity contribution in [3.05, 3.63) is 42.5 Å². The van der Waals surface area contributed by atoms with Gasteiger partial charge in [0.05, 0.1) is 12.3 Å². The molecule has 20 heavy (non-hydrogen) atoms. The van der Waals surface area contributed by atoms with Crippen molar-refractivity contribution >= 4 is 29.1 Å². The highest BCUT2D eigenvalue weighted by atomic mass is 16.5. The molecule has 1 aromatic heterocycles. The predicted octanol–water partition coefficient (Wildman–Crippen LogP) is 2.98. The fourth-order valence-electron chi connectivity index (χ4n) is 1.60. The molecule has 0 aliphatic carbocycles. The van der Waals surface area contributed by atoms with Gasteiger partial charge in [-0.1, -0.05) is 18.2 Å². The normalized spacial score (nSPS) is 9.85. The number of hydrogen-bond acceptors (Lipinski definition) is 5. The molecule has 6 nitrogen and oxygen atoms in total. The monoisotopic (exact) mass is 272 g/mol. The molecule has 0 bridgehead atoms. The van der Waals surface area contributed by atoms with E-state index in [4.69, 9.17) is 10.5 Å². The molecule has 0 radical (unpaired) electrons. The molecule has 6 heteroatoms. The lowest BCUT2D eigenvalue weighted by Gasteiger charge is -2.10. The Morgan fingerprint density at radius 1 is 1.25 bits per heavy atom. The van der Waals surface area contributed by atoms with E-state index in [1.807, 2.05) is 30.3 Å². The van der Waals surface area contributed by atoms with E-state index in [-0.39, 0.29) is 5.82 Å². The molecule has 0 aliphatic heterocycles. The molecule has 2 aromatic rings. The second-order valence-corrected chi connectivity index (χ2v) is 3.97. The minimum absolute atomic E-state index is 0.221. The van der Waals surface area contributed by atoms with Crippen LogP contribution in [0.15, 0.2) is 42.5 Å². The first-order valence-electron chi connectivity index (χ1n) is 6.21. The quantitative estimate of drug-likeness (QED) is 0.796. The minimum Gasteiger partial charge on any atom is -0.450 e. The van der Waals surface area contributed by atoms with Gasteiger partial charge in [-0.15, -0.1) is 0 Å². The van der Waals surface area contributed by atoms with E-state index in [2.05, 4.69) is 15.6 Å². The first-order chi connectivity index (χ1) is 9.69. The van der Waals surface area contributed by atoms with Crippen molar-refractivity contribution in [3.63, 3.8) is 0 Å². The highest BCUT2D eigenvalue weighted by Gasteiger charge is 2.07. The molecule has 1 aromatic carbocycles. The van der Waals surface area contributed by atoms with Gasteiger partial charge in [-0.3, -0.25) is 5.32 Å². The number of hydrogen-bond donors (Lipinski definition) is 3. The van der Waals surface area contributed by atoms with Crippen molar-refractivity contribution < 1.29 is 9.53 Å². The number of nitrogen functional groups attached to an aromatic ring is 1. The summed E-state index contributed by atoms with van der Waals surface area (Å²) in [6, 6.07) is 13.0. The minimum atomic E-state index is -0.551. The van der Waals surface area contributed by atoms with Gasteiger partial charge in [0.1, 0.15) is 11.6 Å². The third-order valence-electron chi connectivity index (χ3n) is 2.48. The Kier molecular flexibility index (Phi) is 4.39. The van der Waals surface area contributed by atoms with E-state index in [0.717, 1.165) is 5.69 Å². The number of benzene rings is 1. The zero-order valence-electron chi connectivity index (χ0n) is 11.1. The Balaban J connectivity index is 2.08. The van der Waals surface area contributed by atoms with Crippen LogP contribution in [-0.2, 0) is 4.74 Å². The highest BCUT2D eigenvalue weighted by molar-refractivity contribution is 5.88. The van der Waals surface area contributed by atoms with E-state index in [1.54, 1.807) is 19.1 Å². The maximum Gasteiger partial charge on any atom is 0.411 e. The number of anilines is 4. The standard InChI is InChI=1S/C14H16N4O2/c1-2-20-14(19)17-11-8-9-12(18-13(11)15)16-10-6-4-3-5-7-10/h3-9H,2H2,1H3,(H,17,19)(H3,15,16,18). The summed E-state index contributed by atoms with van der Waals surface area (Å²) in [7, 11) is 0. The second-order valence-electron chi connectivity index (χ2n) is 3.97. The molecule has 0 unspecified atom stereocenters. The molecule has 104 valence electrons. The van der Waals surface area contributed by atoms with E-state index in [0.29, 0.717) is 18.1 Å². The molecule has 0 aliphatic rings. The third kappa shape index (κ3) is 3.61. The predicted molar refractivity (Wildman–Crippen MR) is 79.0 cm³/mol.